The topological polar surface area (TPSA) is 57.1 Å². The molecule has 7 aromatic rings. The maximum Gasteiger partial charge on any atom is 0.178 e. The van der Waals surface area contributed by atoms with E-state index in [1.807, 2.05) is 66.7 Å². The lowest BCUT2D eigenvalue weighted by atomic mass is 9.82. The molecular weight excluding hydrogens is 578 g/mol. The molecule has 0 saturated heterocycles. The Labute approximate surface area is 273 Å². The summed E-state index contributed by atoms with van der Waals surface area (Å²) in [6.07, 6.45) is 1.78. The zero-order valence-corrected chi connectivity index (χ0v) is 25.9. The van der Waals surface area contributed by atoms with Gasteiger partial charge in [0, 0.05) is 28.3 Å². The van der Waals surface area contributed by atoms with Crippen LogP contribution >= 0.6 is 0 Å². The van der Waals surface area contributed by atoms with Crippen LogP contribution in [-0.2, 0) is 5.41 Å². The Balaban J connectivity index is 1.09. The lowest BCUT2D eigenvalue weighted by molar-refractivity contribution is 0.360. The minimum atomic E-state index is -0.108. The van der Waals surface area contributed by atoms with Crippen LogP contribution in [0.3, 0.4) is 0 Å². The summed E-state index contributed by atoms with van der Waals surface area (Å²) in [5, 5.41) is 0. The summed E-state index contributed by atoms with van der Waals surface area (Å²) in [4.78, 5) is 14.4. The fourth-order valence-electron chi connectivity index (χ4n) is 6.82. The van der Waals surface area contributed by atoms with Crippen molar-refractivity contribution in [1.82, 2.24) is 15.0 Å². The first-order valence-corrected chi connectivity index (χ1v) is 15.8. The van der Waals surface area contributed by atoms with Crippen LogP contribution in [0.1, 0.15) is 25.0 Å². The molecule has 0 radical (unpaired) electrons. The summed E-state index contributed by atoms with van der Waals surface area (Å²) in [5.41, 5.74) is 11.2. The normalized spacial score (nSPS) is 13.4. The van der Waals surface area contributed by atoms with E-state index in [2.05, 4.69) is 85.6 Å². The van der Waals surface area contributed by atoms with E-state index in [1.165, 1.54) is 16.7 Å². The Morgan fingerprint density at radius 3 is 2.11 bits per heavy atom. The number of benzene rings is 5. The summed E-state index contributed by atoms with van der Waals surface area (Å²) in [6, 6.07) is 45.3. The van der Waals surface area contributed by atoms with Gasteiger partial charge in [-0.1, -0.05) is 105 Å². The van der Waals surface area contributed by atoms with E-state index in [9.17, 15) is 0 Å². The molecule has 1 aliphatic carbocycles. The third-order valence-corrected chi connectivity index (χ3v) is 9.22. The minimum Gasteiger partial charge on any atom is -0.449 e. The van der Waals surface area contributed by atoms with Gasteiger partial charge in [0.1, 0.15) is 0 Å². The highest BCUT2D eigenvalue weighted by atomic mass is 16.6. The predicted octanol–water partition coefficient (Wildman–Crippen LogP) is 10.7. The molecule has 5 nitrogen and oxygen atoms in total. The van der Waals surface area contributed by atoms with Gasteiger partial charge in [0.15, 0.2) is 28.8 Å². The molecule has 0 fully saturated rings. The van der Waals surface area contributed by atoms with Crippen molar-refractivity contribution in [3.05, 3.63) is 151 Å². The fraction of sp³-hybridized carbons (Fsp3) is 0.0714. The molecule has 0 atom stereocenters. The SMILES string of the molecule is CC1(C)c2ccccc2-c2c1ccc1c2Oc2ccc(-c3cccc(-c4cc(-c5ccccn5)nc(-c5ccccc5)n4)c3)cc2O1. The van der Waals surface area contributed by atoms with E-state index >= 15 is 0 Å². The number of nitrogens with zero attached hydrogens (tertiary/aromatic N) is 3. The van der Waals surface area contributed by atoms with Crippen LogP contribution in [-0.4, -0.2) is 15.0 Å². The average Bonchev–Trinajstić information content (AvgIpc) is 3.37. The number of pyridine rings is 1. The van der Waals surface area contributed by atoms with Crippen molar-refractivity contribution in [3.63, 3.8) is 0 Å². The van der Waals surface area contributed by atoms with Crippen LogP contribution < -0.4 is 9.47 Å². The summed E-state index contributed by atoms with van der Waals surface area (Å²) in [7, 11) is 0. The largest absolute Gasteiger partial charge is 0.449 e. The number of rotatable bonds is 4. The second-order valence-electron chi connectivity index (χ2n) is 12.5. The van der Waals surface area contributed by atoms with Crippen molar-refractivity contribution < 1.29 is 9.47 Å². The van der Waals surface area contributed by atoms with Gasteiger partial charge in [-0.15, -0.1) is 0 Å². The molecule has 2 aliphatic rings. The summed E-state index contributed by atoms with van der Waals surface area (Å²) in [5.74, 6) is 3.56. The summed E-state index contributed by atoms with van der Waals surface area (Å²) in [6.45, 7) is 4.54. The van der Waals surface area contributed by atoms with Crippen molar-refractivity contribution in [2.75, 3.05) is 0 Å². The highest BCUT2D eigenvalue weighted by Crippen LogP contribution is 2.58. The van der Waals surface area contributed by atoms with E-state index in [1.54, 1.807) is 6.20 Å². The van der Waals surface area contributed by atoms with Crippen LogP contribution in [0.15, 0.2) is 140 Å². The van der Waals surface area contributed by atoms with E-state index < -0.39 is 0 Å². The van der Waals surface area contributed by atoms with Crippen molar-refractivity contribution in [3.8, 4) is 79.3 Å². The van der Waals surface area contributed by atoms with Crippen LogP contribution in [0.2, 0.25) is 0 Å². The molecule has 1 aliphatic heterocycles. The molecule has 0 saturated carbocycles. The molecule has 5 heteroatoms. The second kappa shape index (κ2) is 10.5. The first-order chi connectivity index (χ1) is 23.0. The van der Waals surface area contributed by atoms with Gasteiger partial charge in [0.2, 0.25) is 0 Å². The molecule has 0 bridgehead atoms. The Hall–Kier alpha value is -6.07. The van der Waals surface area contributed by atoms with Gasteiger partial charge in [-0.05, 0) is 70.3 Å². The Bertz CT molecular complexity index is 2270. The van der Waals surface area contributed by atoms with Gasteiger partial charge < -0.3 is 9.47 Å². The van der Waals surface area contributed by atoms with Gasteiger partial charge in [-0.3, -0.25) is 4.98 Å². The molecule has 0 amide bonds. The number of fused-ring (bicyclic) bond motifs is 6. The molecular formula is C42H29N3O2. The van der Waals surface area contributed by atoms with E-state index in [4.69, 9.17) is 19.4 Å². The number of ether oxygens (including phenoxy) is 2. The Morgan fingerprint density at radius 2 is 1.23 bits per heavy atom. The van der Waals surface area contributed by atoms with Crippen molar-refractivity contribution in [2.24, 2.45) is 0 Å². The summed E-state index contributed by atoms with van der Waals surface area (Å²) < 4.78 is 13.2. The number of hydrogen-bond donors (Lipinski definition) is 0. The summed E-state index contributed by atoms with van der Waals surface area (Å²) >= 11 is 0. The number of hydrogen-bond acceptors (Lipinski definition) is 5. The maximum atomic E-state index is 6.62. The van der Waals surface area contributed by atoms with Gasteiger partial charge >= 0.3 is 0 Å². The highest BCUT2D eigenvalue weighted by Gasteiger charge is 2.39. The van der Waals surface area contributed by atoms with Crippen LogP contribution in [0, 0.1) is 0 Å². The average molecular weight is 608 g/mol. The quantitative estimate of drug-likeness (QED) is 0.199. The number of aromatic nitrogens is 3. The fourth-order valence-corrected chi connectivity index (χ4v) is 6.82. The molecule has 3 heterocycles. The monoisotopic (exact) mass is 607 g/mol. The smallest absolute Gasteiger partial charge is 0.178 e. The molecule has 0 spiro atoms. The highest BCUT2D eigenvalue weighted by molar-refractivity contribution is 5.88. The lowest BCUT2D eigenvalue weighted by Gasteiger charge is -2.25. The Kier molecular flexibility index (Phi) is 6.09. The second-order valence-corrected chi connectivity index (χ2v) is 12.5. The van der Waals surface area contributed by atoms with Gasteiger partial charge in [-0.25, -0.2) is 9.97 Å². The van der Waals surface area contributed by atoms with Gasteiger partial charge in [-0.2, -0.15) is 0 Å². The minimum absolute atomic E-state index is 0.108. The van der Waals surface area contributed by atoms with Crippen LogP contribution in [0.5, 0.6) is 23.0 Å². The van der Waals surface area contributed by atoms with E-state index in [-0.39, 0.29) is 5.41 Å². The molecule has 224 valence electrons. The van der Waals surface area contributed by atoms with Crippen LogP contribution in [0.4, 0.5) is 0 Å². The molecule has 2 aromatic heterocycles. The lowest BCUT2D eigenvalue weighted by Crippen LogP contribution is -2.15. The van der Waals surface area contributed by atoms with Crippen molar-refractivity contribution in [2.45, 2.75) is 19.3 Å². The first-order valence-electron chi connectivity index (χ1n) is 15.8. The van der Waals surface area contributed by atoms with Crippen LogP contribution in [0.25, 0.3) is 56.3 Å². The maximum absolute atomic E-state index is 6.62. The standard InChI is InChI=1S/C42H29N3O2/c1-42(2)31-16-7-6-15-30(31)39-32(42)19-21-37-40(39)47-36-20-18-28(24-38(36)46-37)27-13-10-14-29(23-27)34-25-35(33-17-8-9-22-43-33)45-41(44-34)26-11-4-3-5-12-26/h3-25H,1-2H3. The third-order valence-electron chi connectivity index (χ3n) is 9.22. The predicted molar refractivity (Wildman–Crippen MR) is 186 cm³/mol. The molecule has 9 rings (SSSR count). The van der Waals surface area contributed by atoms with Gasteiger partial charge in [0.25, 0.3) is 0 Å². The molecule has 5 aromatic carbocycles. The van der Waals surface area contributed by atoms with E-state index in [0.717, 1.165) is 56.4 Å². The molecule has 0 N–H and O–H groups in total. The van der Waals surface area contributed by atoms with Crippen molar-refractivity contribution >= 4 is 0 Å². The third kappa shape index (κ3) is 4.50. The first kappa shape index (κ1) is 27.3. The molecule has 47 heavy (non-hydrogen) atoms. The van der Waals surface area contributed by atoms with Gasteiger partial charge in [0.05, 0.1) is 17.1 Å². The molecule has 0 unspecified atom stereocenters. The zero-order valence-electron chi connectivity index (χ0n) is 25.9. The van der Waals surface area contributed by atoms with E-state index in [0.29, 0.717) is 17.3 Å². The van der Waals surface area contributed by atoms with Crippen molar-refractivity contribution in [1.29, 1.82) is 0 Å². The zero-order chi connectivity index (χ0) is 31.5. The Morgan fingerprint density at radius 1 is 0.489 bits per heavy atom.